The lowest BCUT2D eigenvalue weighted by Gasteiger charge is -2.27. The van der Waals surface area contributed by atoms with E-state index in [4.69, 9.17) is 18.9 Å². The van der Waals surface area contributed by atoms with E-state index in [2.05, 4.69) is 22.5 Å². The molecule has 1 atom stereocenters. The molecule has 2 aliphatic rings. The largest absolute Gasteiger partial charge is 0.469 e. The van der Waals surface area contributed by atoms with Gasteiger partial charge in [-0.2, -0.15) is 0 Å². The lowest BCUT2D eigenvalue weighted by atomic mass is 10.0. The van der Waals surface area contributed by atoms with Crippen molar-refractivity contribution in [3.63, 3.8) is 0 Å². The SMILES string of the molecule is CC1(CN=C(NCCc2ccco2)NCCN2CCOCC2)CCCO1. The molecule has 2 aliphatic heterocycles. The Morgan fingerprint density at radius 2 is 2.08 bits per heavy atom. The standard InChI is InChI=1S/C19H32N4O3/c1-19(6-3-13-26-19)16-22-18(20-7-5-17-4-2-12-25-17)21-8-9-23-10-14-24-15-11-23/h2,4,12H,3,5-11,13-16H2,1H3,(H2,20,21,22). The van der Waals surface area contributed by atoms with Crippen LogP contribution in [-0.4, -0.2) is 75.5 Å². The number of nitrogens with zero attached hydrogens (tertiary/aromatic N) is 2. The van der Waals surface area contributed by atoms with Crippen molar-refractivity contribution in [2.75, 3.05) is 59.1 Å². The zero-order chi connectivity index (χ0) is 18.1. The number of hydrogen-bond donors (Lipinski definition) is 2. The van der Waals surface area contributed by atoms with Gasteiger partial charge in [-0.15, -0.1) is 0 Å². The normalized spacial score (nSPS) is 24.7. The maximum atomic E-state index is 5.85. The van der Waals surface area contributed by atoms with Gasteiger partial charge in [0.2, 0.25) is 0 Å². The van der Waals surface area contributed by atoms with Crippen molar-refractivity contribution in [3.8, 4) is 0 Å². The van der Waals surface area contributed by atoms with E-state index in [9.17, 15) is 0 Å². The molecular weight excluding hydrogens is 332 g/mol. The van der Waals surface area contributed by atoms with Crippen LogP contribution in [0.4, 0.5) is 0 Å². The number of hydrogen-bond acceptors (Lipinski definition) is 5. The maximum Gasteiger partial charge on any atom is 0.191 e. The Balaban J connectivity index is 1.46. The van der Waals surface area contributed by atoms with Crippen molar-refractivity contribution in [1.29, 1.82) is 0 Å². The summed E-state index contributed by atoms with van der Waals surface area (Å²) in [7, 11) is 0. The zero-order valence-electron chi connectivity index (χ0n) is 15.8. The predicted molar refractivity (Wildman–Crippen MR) is 102 cm³/mol. The highest BCUT2D eigenvalue weighted by Gasteiger charge is 2.29. The average molecular weight is 364 g/mol. The van der Waals surface area contributed by atoms with Gasteiger partial charge in [-0.1, -0.05) is 0 Å². The summed E-state index contributed by atoms with van der Waals surface area (Å²) in [5.74, 6) is 1.83. The molecule has 0 spiro atoms. The first kappa shape index (κ1) is 19.2. The molecule has 2 fully saturated rings. The Morgan fingerprint density at radius 1 is 1.23 bits per heavy atom. The highest BCUT2D eigenvalue weighted by molar-refractivity contribution is 5.79. The Morgan fingerprint density at radius 3 is 2.81 bits per heavy atom. The van der Waals surface area contributed by atoms with E-state index >= 15 is 0 Å². The molecule has 7 nitrogen and oxygen atoms in total. The van der Waals surface area contributed by atoms with Crippen molar-refractivity contribution in [2.24, 2.45) is 4.99 Å². The molecule has 2 saturated heterocycles. The minimum atomic E-state index is -0.125. The molecule has 7 heteroatoms. The first-order valence-electron chi connectivity index (χ1n) is 9.72. The van der Waals surface area contributed by atoms with Crippen LogP contribution in [0.25, 0.3) is 0 Å². The second-order valence-corrected chi connectivity index (χ2v) is 7.20. The number of ether oxygens (including phenoxy) is 2. The lowest BCUT2D eigenvalue weighted by molar-refractivity contribution is 0.0283. The molecule has 0 aromatic carbocycles. The summed E-state index contributed by atoms with van der Waals surface area (Å²) >= 11 is 0. The molecule has 0 aliphatic carbocycles. The number of nitrogens with one attached hydrogen (secondary N) is 2. The highest BCUT2D eigenvalue weighted by atomic mass is 16.5. The first-order chi connectivity index (χ1) is 12.7. The minimum Gasteiger partial charge on any atom is -0.469 e. The van der Waals surface area contributed by atoms with Crippen LogP contribution in [0, 0.1) is 0 Å². The first-order valence-corrected chi connectivity index (χ1v) is 9.72. The topological polar surface area (TPSA) is 71.3 Å². The van der Waals surface area contributed by atoms with Gasteiger partial charge >= 0.3 is 0 Å². The molecule has 1 unspecified atom stereocenters. The van der Waals surface area contributed by atoms with Gasteiger partial charge in [0, 0.05) is 45.8 Å². The quantitative estimate of drug-likeness (QED) is 0.535. The van der Waals surface area contributed by atoms with E-state index in [1.807, 2.05) is 12.1 Å². The Labute approximate surface area is 156 Å². The molecule has 1 aromatic rings. The van der Waals surface area contributed by atoms with E-state index < -0.39 is 0 Å². The van der Waals surface area contributed by atoms with Crippen molar-refractivity contribution in [3.05, 3.63) is 24.2 Å². The average Bonchev–Trinajstić information content (AvgIpc) is 3.32. The number of aliphatic imine (C=N–C) groups is 1. The van der Waals surface area contributed by atoms with Crippen LogP contribution in [0.15, 0.2) is 27.8 Å². The fourth-order valence-electron chi connectivity index (χ4n) is 3.30. The summed E-state index contributed by atoms with van der Waals surface area (Å²) in [6.45, 7) is 10.00. The number of furan rings is 1. The smallest absolute Gasteiger partial charge is 0.191 e. The van der Waals surface area contributed by atoms with Crippen LogP contribution in [-0.2, 0) is 15.9 Å². The third kappa shape index (κ3) is 6.30. The van der Waals surface area contributed by atoms with Crippen molar-refractivity contribution >= 4 is 5.96 Å². The zero-order valence-corrected chi connectivity index (χ0v) is 15.8. The Hall–Kier alpha value is -1.57. The molecule has 1 aromatic heterocycles. The summed E-state index contributed by atoms with van der Waals surface area (Å²) in [5, 5.41) is 6.88. The third-order valence-corrected chi connectivity index (χ3v) is 4.94. The molecule has 3 rings (SSSR count). The number of morpholine rings is 1. The van der Waals surface area contributed by atoms with Crippen LogP contribution in [0.5, 0.6) is 0 Å². The lowest BCUT2D eigenvalue weighted by Crippen LogP contribution is -2.45. The Bertz CT molecular complexity index is 535. The highest BCUT2D eigenvalue weighted by Crippen LogP contribution is 2.24. The molecule has 0 bridgehead atoms. The predicted octanol–water partition coefficient (Wildman–Crippen LogP) is 1.26. The van der Waals surface area contributed by atoms with E-state index in [-0.39, 0.29) is 5.60 Å². The number of guanidine groups is 1. The summed E-state index contributed by atoms with van der Waals surface area (Å²) < 4.78 is 16.6. The van der Waals surface area contributed by atoms with E-state index in [0.29, 0.717) is 6.54 Å². The van der Waals surface area contributed by atoms with Gasteiger partial charge in [0.1, 0.15) is 5.76 Å². The molecule has 26 heavy (non-hydrogen) atoms. The maximum absolute atomic E-state index is 5.85. The fraction of sp³-hybridized carbons (Fsp3) is 0.737. The second-order valence-electron chi connectivity index (χ2n) is 7.20. The van der Waals surface area contributed by atoms with Crippen molar-refractivity contribution < 1.29 is 13.9 Å². The van der Waals surface area contributed by atoms with Crippen molar-refractivity contribution in [1.82, 2.24) is 15.5 Å². The van der Waals surface area contributed by atoms with Crippen LogP contribution in [0.2, 0.25) is 0 Å². The fourth-order valence-corrected chi connectivity index (χ4v) is 3.30. The van der Waals surface area contributed by atoms with Crippen LogP contribution >= 0.6 is 0 Å². The van der Waals surface area contributed by atoms with E-state index in [1.165, 1.54) is 0 Å². The van der Waals surface area contributed by atoms with Crippen LogP contribution in [0.1, 0.15) is 25.5 Å². The molecule has 0 radical (unpaired) electrons. The van der Waals surface area contributed by atoms with Crippen LogP contribution < -0.4 is 10.6 Å². The third-order valence-electron chi connectivity index (χ3n) is 4.94. The summed E-state index contributed by atoms with van der Waals surface area (Å²) in [6, 6.07) is 3.92. The van der Waals surface area contributed by atoms with Gasteiger partial charge in [-0.05, 0) is 31.9 Å². The van der Waals surface area contributed by atoms with Gasteiger partial charge in [-0.3, -0.25) is 9.89 Å². The van der Waals surface area contributed by atoms with Crippen LogP contribution in [0.3, 0.4) is 0 Å². The number of rotatable bonds is 8. The monoisotopic (exact) mass is 364 g/mol. The van der Waals surface area contributed by atoms with E-state index in [1.54, 1.807) is 6.26 Å². The van der Waals surface area contributed by atoms with E-state index in [0.717, 1.165) is 83.5 Å². The molecule has 2 N–H and O–H groups in total. The molecule has 146 valence electrons. The van der Waals surface area contributed by atoms with Gasteiger partial charge in [0.15, 0.2) is 5.96 Å². The molecule has 0 saturated carbocycles. The van der Waals surface area contributed by atoms with Gasteiger partial charge in [0.25, 0.3) is 0 Å². The molecule has 3 heterocycles. The second kappa shape index (κ2) is 9.94. The van der Waals surface area contributed by atoms with Gasteiger partial charge in [-0.25, -0.2) is 0 Å². The van der Waals surface area contributed by atoms with Gasteiger partial charge < -0.3 is 24.5 Å². The molecule has 0 amide bonds. The summed E-state index contributed by atoms with van der Waals surface area (Å²) in [5.41, 5.74) is -0.125. The minimum absolute atomic E-state index is 0.125. The van der Waals surface area contributed by atoms with Crippen molar-refractivity contribution in [2.45, 2.75) is 31.8 Å². The summed E-state index contributed by atoms with van der Waals surface area (Å²) in [6.07, 6.45) is 4.75. The van der Waals surface area contributed by atoms with Gasteiger partial charge in [0.05, 0.1) is 31.6 Å². The Kier molecular flexibility index (Phi) is 7.34. The summed E-state index contributed by atoms with van der Waals surface area (Å²) in [4.78, 5) is 7.19. The molecular formula is C19H32N4O3.